The van der Waals surface area contributed by atoms with Gasteiger partial charge in [0.1, 0.15) is 0 Å². The molecule has 0 aromatic carbocycles. The molecule has 7 nitrogen and oxygen atoms in total. The Bertz CT molecular complexity index is 546. The molecular formula is C9H13N3O4S2. The molecule has 0 amide bonds. The molecule has 18 heavy (non-hydrogen) atoms. The second kappa shape index (κ2) is 4.92. The van der Waals surface area contributed by atoms with Crippen molar-refractivity contribution in [2.24, 2.45) is 0 Å². The van der Waals surface area contributed by atoms with Crippen molar-refractivity contribution >= 4 is 27.3 Å². The Hall–Kier alpha value is -1.03. The first-order chi connectivity index (χ1) is 8.43. The lowest BCUT2D eigenvalue weighted by molar-refractivity contribution is 0.0687. The van der Waals surface area contributed by atoms with Crippen LogP contribution in [0.15, 0.2) is 9.72 Å². The first-order valence-electron chi connectivity index (χ1n) is 5.28. The predicted octanol–water partition coefficient (Wildman–Crippen LogP) is -0.223. The molecule has 0 aliphatic carbocycles. The van der Waals surface area contributed by atoms with Gasteiger partial charge in [0.15, 0.2) is 9.90 Å². The monoisotopic (exact) mass is 291 g/mol. The maximum absolute atomic E-state index is 12.3. The van der Waals surface area contributed by atoms with E-state index >= 15 is 0 Å². The SMILES string of the molecule is CN1CCN(S(=O)(=O)c2scnc2C(=O)O)CC1. The third-order valence-corrected chi connectivity index (χ3v) is 6.02. The van der Waals surface area contributed by atoms with E-state index in [0.717, 1.165) is 11.3 Å². The first kappa shape index (κ1) is 13.4. The minimum Gasteiger partial charge on any atom is -0.476 e. The average molecular weight is 291 g/mol. The van der Waals surface area contributed by atoms with Gasteiger partial charge in [-0.15, -0.1) is 11.3 Å². The molecule has 1 aliphatic rings. The van der Waals surface area contributed by atoms with Gasteiger partial charge in [-0.1, -0.05) is 0 Å². The molecule has 1 fully saturated rings. The van der Waals surface area contributed by atoms with E-state index in [1.54, 1.807) is 0 Å². The summed E-state index contributed by atoms with van der Waals surface area (Å²) < 4.78 is 25.7. The van der Waals surface area contributed by atoms with Crippen LogP contribution < -0.4 is 0 Å². The Balaban J connectivity index is 2.31. The van der Waals surface area contributed by atoms with Crippen molar-refractivity contribution < 1.29 is 18.3 Å². The largest absolute Gasteiger partial charge is 0.476 e. The lowest BCUT2D eigenvalue weighted by Gasteiger charge is -2.31. The van der Waals surface area contributed by atoms with Crippen LogP contribution in [0.1, 0.15) is 10.5 Å². The zero-order valence-corrected chi connectivity index (χ0v) is 11.4. The average Bonchev–Trinajstić information content (AvgIpc) is 2.79. The molecule has 9 heteroatoms. The van der Waals surface area contributed by atoms with E-state index in [0.29, 0.717) is 26.2 Å². The molecule has 0 saturated carbocycles. The highest BCUT2D eigenvalue weighted by Crippen LogP contribution is 2.24. The fourth-order valence-corrected chi connectivity index (χ4v) is 4.41. The van der Waals surface area contributed by atoms with Gasteiger partial charge < -0.3 is 10.0 Å². The van der Waals surface area contributed by atoms with Crippen molar-refractivity contribution in [3.8, 4) is 0 Å². The van der Waals surface area contributed by atoms with Crippen molar-refractivity contribution in [1.82, 2.24) is 14.2 Å². The molecule has 0 radical (unpaired) electrons. The van der Waals surface area contributed by atoms with E-state index in [1.807, 2.05) is 11.9 Å². The van der Waals surface area contributed by atoms with Gasteiger partial charge in [0, 0.05) is 26.2 Å². The predicted molar refractivity (Wildman–Crippen MR) is 65.3 cm³/mol. The number of sulfonamides is 1. The van der Waals surface area contributed by atoms with Gasteiger partial charge in [0.2, 0.25) is 0 Å². The zero-order chi connectivity index (χ0) is 13.3. The number of likely N-dealkylation sites (N-methyl/N-ethyl adjacent to an activating group) is 1. The molecule has 1 aliphatic heterocycles. The number of carbonyl (C=O) groups is 1. The number of hydrogen-bond donors (Lipinski definition) is 1. The van der Waals surface area contributed by atoms with Crippen LogP contribution in [-0.2, 0) is 10.0 Å². The summed E-state index contributed by atoms with van der Waals surface area (Å²) in [5.74, 6) is -1.32. The molecular weight excluding hydrogens is 278 g/mol. The molecule has 2 heterocycles. The van der Waals surface area contributed by atoms with Gasteiger partial charge in [-0.25, -0.2) is 18.2 Å². The minimum absolute atomic E-state index is 0.181. The summed E-state index contributed by atoms with van der Waals surface area (Å²) in [6.07, 6.45) is 0. The third-order valence-electron chi connectivity index (χ3n) is 2.77. The maximum Gasteiger partial charge on any atom is 0.356 e. The molecule has 1 aromatic heterocycles. The number of carboxylic acids is 1. The highest BCUT2D eigenvalue weighted by Gasteiger charge is 2.33. The summed E-state index contributed by atoms with van der Waals surface area (Å²) in [5.41, 5.74) is 0.853. The van der Waals surface area contributed by atoms with Crippen LogP contribution in [0.2, 0.25) is 0 Å². The summed E-state index contributed by atoms with van der Waals surface area (Å²) in [4.78, 5) is 16.5. The fourth-order valence-electron chi connectivity index (χ4n) is 1.71. The second-order valence-electron chi connectivity index (χ2n) is 4.00. The Morgan fingerprint density at radius 3 is 2.56 bits per heavy atom. The summed E-state index contributed by atoms with van der Waals surface area (Å²) in [6.45, 7) is 2.02. The Morgan fingerprint density at radius 2 is 2.00 bits per heavy atom. The smallest absolute Gasteiger partial charge is 0.356 e. The normalized spacial score (nSPS) is 18.9. The van der Waals surface area contributed by atoms with E-state index in [1.165, 1.54) is 9.82 Å². The Labute approximate surface area is 109 Å². The highest BCUT2D eigenvalue weighted by atomic mass is 32.2. The van der Waals surface area contributed by atoms with Gasteiger partial charge >= 0.3 is 5.97 Å². The van der Waals surface area contributed by atoms with E-state index < -0.39 is 16.0 Å². The van der Waals surface area contributed by atoms with Crippen LogP contribution in [0, 0.1) is 0 Å². The van der Waals surface area contributed by atoms with Crippen LogP contribution >= 0.6 is 11.3 Å². The number of aromatic nitrogens is 1. The maximum atomic E-state index is 12.3. The van der Waals surface area contributed by atoms with Crippen molar-refractivity contribution in [3.63, 3.8) is 0 Å². The number of rotatable bonds is 3. The van der Waals surface area contributed by atoms with Crippen molar-refractivity contribution in [1.29, 1.82) is 0 Å². The lowest BCUT2D eigenvalue weighted by atomic mass is 10.4. The number of hydrogen-bond acceptors (Lipinski definition) is 6. The number of piperazine rings is 1. The lowest BCUT2D eigenvalue weighted by Crippen LogP contribution is -2.47. The minimum atomic E-state index is -3.74. The quantitative estimate of drug-likeness (QED) is 0.828. The first-order valence-corrected chi connectivity index (χ1v) is 7.60. The summed E-state index contributed by atoms with van der Waals surface area (Å²) >= 11 is 0.844. The number of nitrogens with zero attached hydrogens (tertiary/aromatic N) is 3. The molecule has 100 valence electrons. The van der Waals surface area contributed by atoms with Gasteiger partial charge in [-0.05, 0) is 7.05 Å². The molecule has 0 atom stereocenters. The highest BCUT2D eigenvalue weighted by molar-refractivity contribution is 7.91. The topological polar surface area (TPSA) is 90.8 Å². The summed E-state index contributed by atoms with van der Waals surface area (Å²) in [6, 6.07) is 0. The van der Waals surface area contributed by atoms with Crippen LogP contribution in [0.5, 0.6) is 0 Å². The molecule has 2 rings (SSSR count). The van der Waals surface area contributed by atoms with E-state index in [-0.39, 0.29) is 9.90 Å². The summed E-state index contributed by atoms with van der Waals surface area (Å²) in [5, 5.41) is 8.91. The van der Waals surface area contributed by atoms with Gasteiger partial charge in [0.25, 0.3) is 10.0 Å². The van der Waals surface area contributed by atoms with Crippen LogP contribution in [0.25, 0.3) is 0 Å². The van der Waals surface area contributed by atoms with Crippen molar-refractivity contribution in [2.75, 3.05) is 33.2 Å². The number of carboxylic acid groups (broad SMARTS) is 1. The molecule has 1 N–H and O–H groups in total. The van der Waals surface area contributed by atoms with E-state index in [4.69, 9.17) is 5.11 Å². The van der Waals surface area contributed by atoms with Gasteiger partial charge in [-0.2, -0.15) is 4.31 Å². The van der Waals surface area contributed by atoms with Crippen LogP contribution in [0.3, 0.4) is 0 Å². The molecule has 0 bridgehead atoms. The van der Waals surface area contributed by atoms with E-state index in [9.17, 15) is 13.2 Å². The Kier molecular flexibility index (Phi) is 3.66. The van der Waals surface area contributed by atoms with Crippen molar-refractivity contribution in [2.45, 2.75) is 4.21 Å². The molecule has 1 saturated heterocycles. The van der Waals surface area contributed by atoms with Crippen LogP contribution in [0.4, 0.5) is 0 Å². The second-order valence-corrected chi connectivity index (χ2v) is 6.99. The summed E-state index contributed by atoms with van der Waals surface area (Å²) in [7, 11) is -1.82. The standard InChI is InChI=1S/C9H13N3O4S2/c1-11-2-4-12(5-3-11)18(15,16)9-7(8(13)14)10-6-17-9/h6H,2-5H2,1H3,(H,13,14). The zero-order valence-electron chi connectivity index (χ0n) is 9.74. The van der Waals surface area contributed by atoms with Crippen LogP contribution in [-0.4, -0.2) is 66.9 Å². The Morgan fingerprint density at radius 1 is 1.39 bits per heavy atom. The van der Waals surface area contributed by atoms with Crippen molar-refractivity contribution in [3.05, 3.63) is 11.2 Å². The molecule has 0 unspecified atom stereocenters. The molecule has 0 spiro atoms. The number of thiazole rings is 1. The van der Waals surface area contributed by atoms with E-state index in [2.05, 4.69) is 4.98 Å². The fraction of sp³-hybridized carbons (Fsp3) is 0.556. The van der Waals surface area contributed by atoms with Gasteiger partial charge in [-0.3, -0.25) is 0 Å². The van der Waals surface area contributed by atoms with Gasteiger partial charge in [0.05, 0.1) is 5.51 Å². The number of aromatic carboxylic acids is 1. The third kappa shape index (κ3) is 2.39. The molecule has 1 aromatic rings.